The lowest BCUT2D eigenvalue weighted by Gasteiger charge is -2.43. The molecule has 38 heavy (non-hydrogen) atoms. The van der Waals surface area contributed by atoms with Crippen molar-refractivity contribution in [2.75, 3.05) is 44.8 Å². The van der Waals surface area contributed by atoms with Crippen LogP contribution in [0, 0.1) is 0 Å². The lowest BCUT2D eigenvalue weighted by Crippen LogP contribution is -2.49. The molecule has 7 nitrogen and oxygen atoms in total. The number of nitrogens with zero attached hydrogens (tertiary/aromatic N) is 3. The molecule has 204 valence electrons. The maximum absolute atomic E-state index is 14.5. The standard InChI is InChI=1S/C26H35B2F3N4O3/c1-16-9-17-10-22-23(38-26(27,28)37-22)11-20(17)24(35(16)14-25(30,31)15-36)21-4-3-18(12-32-21)33-19-5-8-34(13-19)7-2-6-29/h3-4,10-12,16,19,24,33,36H,2,5-9,13-15,27-28H2,1H3/t16-,19+,24+/m1/s1. The summed E-state index contributed by atoms with van der Waals surface area (Å²) >= 11 is 0. The summed E-state index contributed by atoms with van der Waals surface area (Å²) in [7, 11) is 3.66. The van der Waals surface area contributed by atoms with Gasteiger partial charge in [0.15, 0.2) is 32.8 Å². The third-order valence-corrected chi connectivity index (χ3v) is 7.59. The van der Waals surface area contributed by atoms with Crippen LogP contribution >= 0.6 is 0 Å². The summed E-state index contributed by atoms with van der Waals surface area (Å²) in [5, 5.41) is 12.8. The van der Waals surface area contributed by atoms with E-state index in [9.17, 15) is 18.3 Å². The molecule has 0 unspecified atom stereocenters. The zero-order chi connectivity index (χ0) is 27.1. The molecule has 3 aliphatic rings. The van der Waals surface area contributed by atoms with Gasteiger partial charge in [-0.3, -0.25) is 14.3 Å². The number of fused-ring (bicyclic) bond motifs is 2. The number of anilines is 1. The van der Waals surface area contributed by atoms with Crippen LogP contribution < -0.4 is 14.8 Å². The van der Waals surface area contributed by atoms with Crippen molar-refractivity contribution in [1.29, 1.82) is 0 Å². The highest BCUT2D eigenvalue weighted by molar-refractivity contribution is 6.38. The van der Waals surface area contributed by atoms with E-state index in [1.807, 2.05) is 46.9 Å². The third-order valence-electron chi connectivity index (χ3n) is 7.59. The molecular formula is C26H35B2F3N4O3. The quantitative estimate of drug-likeness (QED) is 0.477. The number of aromatic nitrogens is 1. The topological polar surface area (TPSA) is 70.1 Å². The number of halogens is 3. The van der Waals surface area contributed by atoms with Gasteiger partial charge in [-0.05, 0) is 61.6 Å². The first-order valence-corrected chi connectivity index (χ1v) is 13.4. The van der Waals surface area contributed by atoms with Gasteiger partial charge in [-0.15, -0.1) is 0 Å². The van der Waals surface area contributed by atoms with Crippen LogP contribution in [-0.2, 0) is 6.42 Å². The predicted octanol–water partition coefficient (Wildman–Crippen LogP) is 1.54. The minimum Gasteiger partial charge on any atom is -0.467 e. The monoisotopic (exact) mass is 530 g/mol. The molecule has 3 atom stereocenters. The Hall–Kier alpha value is -2.43. The molecule has 0 amide bonds. The number of pyridine rings is 1. The van der Waals surface area contributed by atoms with Crippen LogP contribution in [0.4, 0.5) is 18.9 Å². The molecule has 1 fully saturated rings. The number of likely N-dealkylation sites (tertiary alicyclic amines) is 1. The molecule has 0 saturated carbocycles. The van der Waals surface area contributed by atoms with Gasteiger partial charge in [0.05, 0.1) is 36.8 Å². The lowest BCUT2D eigenvalue weighted by molar-refractivity contribution is -0.0865. The molecule has 0 bridgehead atoms. The summed E-state index contributed by atoms with van der Waals surface area (Å²) in [5.74, 6) is -2.02. The molecule has 2 N–H and O–H groups in total. The van der Waals surface area contributed by atoms with Gasteiger partial charge in [0, 0.05) is 31.7 Å². The molecule has 4 heterocycles. The predicted molar refractivity (Wildman–Crippen MR) is 145 cm³/mol. The SMILES string of the molecule is BC1(B)Oc2cc3c(cc2O1)[C@@H](c1ccc(N[C@H]2CCN(CCCF)C2)cn1)N(CC(F)(F)CO)[C@H](C)C3. The Balaban J connectivity index is 1.42. The Morgan fingerprint density at radius 3 is 2.68 bits per heavy atom. The zero-order valence-corrected chi connectivity index (χ0v) is 22.2. The van der Waals surface area contributed by atoms with Crippen LogP contribution in [0.3, 0.4) is 0 Å². The van der Waals surface area contributed by atoms with Crippen molar-refractivity contribution in [2.45, 2.75) is 55.8 Å². The van der Waals surface area contributed by atoms with Crippen LogP contribution in [0.2, 0.25) is 0 Å². The fourth-order valence-corrected chi connectivity index (χ4v) is 5.85. The smallest absolute Gasteiger partial charge is 0.283 e. The van der Waals surface area contributed by atoms with Crippen molar-refractivity contribution in [2.24, 2.45) is 0 Å². The summed E-state index contributed by atoms with van der Waals surface area (Å²) in [5.41, 5.74) is 2.56. The fourth-order valence-electron chi connectivity index (χ4n) is 5.85. The number of rotatable bonds is 9. The van der Waals surface area contributed by atoms with E-state index in [0.29, 0.717) is 30.0 Å². The number of hydrogen-bond donors (Lipinski definition) is 2. The largest absolute Gasteiger partial charge is 0.467 e. The first kappa shape index (κ1) is 27.1. The Kier molecular flexibility index (Phi) is 7.59. The maximum atomic E-state index is 14.5. The van der Waals surface area contributed by atoms with Gasteiger partial charge in [0.2, 0.25) is 0 Å². The van der Waals surface area contributed by atoms with E-state index in [1.165, 1.54) is 0 Å². The summed E-state index contributed by atoms with van der Waals surface area (Å²) in [6.45, 7) is 2.35. The van der Waals surface area contributed by atoms with Gasteiger partial charge in [0.25, 0.3) is 5.92 Å². The van der Waals surface area contributed by atoms with Gasteiger partial charge < -0.3 is 24.8 Å². The fraction of sp³-hybridized carbons (Fsp3) is 0.577. The van der Waals surface area contributed by atoms with Crippen LogP contribution in [-0.4, -0.2) is 98.6 Å². The van der Waals surface area contributed by atoms with Gasteiger partial charge in [-0.25, -0.2) is 8.78 Å². The first-order valence-electron chi connectivity index (χ1n) is 13.4. The Bertz CT molecular complexity index is 1140. The zero-order valence-electron chi connectivity index (χ0n) is 22.2. The molecule has 1 aromatic heterocycles. The van der Waals surface area contributed by atoms with Gasteiger partial charge >= 0.3 is 0 Å². The Morgan fingerprint density at radius 1 is 1.24 bits per heavy atom. The van der Waals surface area contributed by atoms with Crippen LogP contribution in [0.15, 0.2) is 30.5 Å². The van der Waals surface area contributed by atoms with Gasteiger partial charge in [-0.2, -0.15) is 0 Å². The number of hydrogen-bond acceptors (Lipinski definition) is 7. The van der Waals surface area contributed by atoms with E-state index in [1.54, 1.807) is 11.1 Å². The van der Waals surface area contributed by atoms with Gasteiger partial charge in [-0.1, -0.05) is 0 Å². The van der Waals surface area contributed by atoms with Crippen molar-refractivity contribution in [3.63, 3.8) is 0 Å². The number of aliphatic hydroxyl groups is 1. The number of alkyl halides is 3. The molecule has 5 rings (SSSR count). The third kappa shape index (κ3) is 5.77. The lowest BCUT2D eigenvalue weighted by atomic mass is 9.76. The average Bonchev–Trinajstić information content (AvgIpc) is 3.44. The van der Waals surface area contributed by atoms with Crippen molar-refractivity contribution < 1.29 is 27.8 Å². The normalized spacial score (nSPS) is 24.9. The summed E-state index contributed by atoms with van der Waals surface area (Å²) in [6.07, 6.45) is 3.82. The number of ether oxygens (including phenoxy) is 2. The molecular weight excluding hydrogens is 495 g/mol. The van der Waals surface area contributed by atoms with Crippen molar-refractivity contribution in [3.05, 3.63) is 47.3 Å². The summed E-state index contributed by atoms with van der Waals surface area (Å²) in [4.78, 5) is 8.71. The summed E-state index contributed by atoms with van der Waals surface area (Å²) in [6, 6.07) is 7.15. The molecule has 0 aliphatic carbocycles. The first-order chi connectivity index (χ1) is 18.1. The second-order valence-corrected chi connectivity index (χ2v) is 11.2. The molecule has 1 saturated heterocycles. The second kappa shape index (κ2) is 10.6. The van der Waals surface area contributed by atoms with E-state index in [0.717, 1.165) is 42.9 Å². The molecule has 0 spiro atoms. The van der Waals surface area contributed by atoms with Crippen molar-refractivity contribution >= 4 is 21.4 Å². The molecule has 2 aromatic rings. The second-order valence-electron chi connectivity index (χ2n) is 11.2. The van der Waals surface area contributed by atoms with Crippen molar-refractivity contribution in [1.82, 2.24) is 14.8 Å². The minimum atomic E-state index is -3.25. The highest BCUT2D eigenvalue weighted by atomic mass is 19.3. The number of aliphatic hydroxyl groups excluding tert-OH is 1. The van der Waals surface area contributed by atoms with Gasteiger partial charge in [0.1, 0.15) is 6.61 Å². The van der Waals surface area contributed by atoms with E-state index in [4.69, 9.17) is 14.5 Å². The van der Waals surface area contributed by atoms with E-state index in [2.05, 4.69) is 10.2 Å². The number of nitrogens with one attached hydrogen (secondary N) is 1. The molecule has 0 radical (unpaired) electrons. The van der Waals surface area contributed by atoms with E-state index in [-0.39, 0.29) is 18.8 Å². The Morgan fingerprint density at radius 2 is 2.00 bits per heavy atom. The minimum absolute atomic E-state index is 0.216. The van der Waals surface area contributed by atoms with E-state index < -0.39 is 30.7 Å². The van der Waals surface area contributed by atoms with Crippen LogP contribution in [0.1, 0.15) is 42.6 Å². The van der Waals surface area contributed by atoms with E-state index >= 15 is 0 Å². The Labute approximate surface area is 223 Å². The van der Waals surface area contributed by atoms with Crippen molar-refractivity contribution in [3.8, 4) is 11.5 Å². The van der Waals surface area contributed by atoms with Crippen LogP contribution in [0.5, 0.6) is 11.5 Å². The summed E-state index contributed by atoms with van der Waals surface area (Å²) < 4.78 is 53.4. The molecule has 12 heteroatoms. The molecule has 3 aliphatic heterocycles. The highest BCUT2D eigenvalue weighted by Crippen LogP contribution is 2.46. The average molecular weight is 530 g/mol. The highest BCUT2D eigenvalue weighted by Gasteiger charge is 2.42. The number of benzene rings is 1. The molecule has 1 aromatic carbocycles. The van der Waals surface area contributed by atoms with Crippen LogP contribution in [0.25, 0.3) is 0 Å². The maximum Gasteiger partial charge on any atom is 0.283 e.